The lowest BCUT2D eigenvalue weighted by atomic mass is 10.2. The summed E-state index contributed by atoms with van der Waals surface area (Å²) in [5.74, 6) is -1.27. The first-order valence-electron chi connectivity index (χ1n) is 3.36. The maximum Gasteiger partial charge on any atom is 0.354 e. The molecule has 0 saturated carbocycles. The van der Waals surface area contributed by atoms with Crippen molar-refractivity contribution in [3.8, 4) is 0 Å². The van der Waals surface area contributed by atoms with Crippen LogP contribution in [0.1, 0.15) is 16.1 Å². The third kappa shape index (κ3) is 1.78. The maximum atomic E-state index is 10.4. The van der Waals surface area contributed by atoms with Crippen LogP contribution >= 0.6 is 0 Å². The summed E-state index contributed by atoms with van der Waals surface area (Å²) in [6.45, 7) is 1.50. The second kappa shape index (κ2) is 3.18. The second-order valence-electron chi connectivity index (χ2n) is 2.42. The molecule has 6 nitrogen and oxygen atoms in total. The van der Waals surface area contributed by atoms with Crippen LogP contribution in [-0.4, -0.2) is 21.0 Å². The Morgan fingerprint density at radius 2 is 2.31 bits per heavy atom. The Morgan fingerprint density at radius 3 is 2.77 bits per heavy atom. The van der Waals surface area contributed by atoms with E-state index in [1.165, 1.54) is 13.1 Å². The first kappa shape index (κ1) is 9.11. The Morgan fingerprint density at radius 1 is 1.69 bits per heavy atom. The van der Waals surface area contributed by atoms with E-state index in [-0.39, 0.29) is 11.4 Å². The first-order valence-corrected chi connectivity index (χ1v) is 3.36. The molecule has 0 amide bonds. The lowest BCUT2D eigenvalue weighted by Gasteiger charge is -1.96. The van der Waals surface area contributed by atoms with Crippen LogP contribution in [0.25, 0.3) is 0 Å². The third-order valence-corrected chi connectivity index (χ3v) is 1.49. The maximum absolute atomic E-state index is 10.4. The molecule has 1 aromatic heterocycles. The van der Waals surface area contributed by atoms with E-state index < -0.39 is 10.9 Å². The van der Waals surface area contributed by atoms with Crippen LogP contribution in [0.5, 0.6) is 0 Å². The van der Waals surface area contributed by atoms with Crippen molar-refractivity contribution in [3.05, 3.63) is 33.6 Å². The highest BCUT2D eigenvalue weighted by Crippen LogP contribution is 2.16. The monoisotopic (exact) mass is 182 g/mol. The molecular weight excluding hydrogens is 176 g/mol. The van der Waals surface area contributed by atoms with Crippen molar-refractivity contribution in [2.24, 2.45) is 0 Å². The largest absolute Gasteiger partial charge is 0.477 e. The van der Waals surface area contributed by atoms with Crippen molar-refractivity contribution < 1.29 is 14.8 Å². The fourth-order valence-corrected chi connectivity index (χ4v) is 0.827. The van der Waals surface area contributed by atoms with Crippen molar-refractivity contribution in [2.45, 2.75) is 6.92 Å². The van der Waals surface area contributed by atoms with Gasteiger partial charge in [-0.15, -0.1) is 0 Å². The molecule has 0 spiro atoms. The molecule has 1 N–H and O–H groups in total. The van der Waals surface area contributed by atoms with Crippen molar-refractivity contribution >= 4 is 11.7 Å². The average Bonchev–Trinajstić information content (AvgIpc) is 2.04. The Bertz CT molecular complexity index is 375. The number of aromatic carboxylic acids is 1. The number of nitro groups is 1. The van der Waals surface area contributed by atoms with Gasteiger partial charge in [-0.1, -0.05) is 0 Å². The second-order valence-corrected chi connectivity index (χ2v) is 2.42. The number of pyridine rings is 1. The molecule has 0 unspecified atom stereocenters. The first-order chi connectivity index (χ1) is 6.02. The summed E-state index contributed by atoms with van der Waals surface area (Å²) in [7, 11) is 0. The van der Waals surface area contributed by atoms with E-state index in [4.69, 9.17) is 5.11 Å². The lowest BCUT2D eigenvalue weighted by Crippen LogP contribution is -2.02. The molecule has 68 valence electrons. The fraction of sp³-hybridized carbons (Fsp3) is 0.143. The molecule has 1 aromatic rings. The van der Waals surface area contributed by atoms with Crippen LogP contribution in [-0.2, 0) is 0 Å². The van der Waals surface area contributed by atoms with E-state index in [1.54, 1.807) is 0 Å². The van der Waals surface area contributed by atoms with Gasteiger partial charge in [0.25, 0.3) is 5.69 Å². The molecule has 0 fully saturated rings. The Balaban J connectivity index is 3.27. The molecule has 1 rings (SSSR count). The predicted molar refractivity (Wildman–Crippen MR) is 42.6 cm³/mol. The summed E-state index contributed by atoms with van der Waals surface area (Å²) in [6, 6.07) is 0.942. The Hall–Kier alpha value is -1.98. The molecule has 0 radical (unpaired) electrons. The third-order valence-electron chi connectivity index (χ3n) is 1.49. The van der Waals surface area contributed by atoms with E-state index >= 15 is 0 Å². The van der Waals surface area contributed by atoms with Crippen molar-refractivity contribution in [1.29, 1.82) is 0 Å². The summed E-state index contributed by atoms with van der Waals surface area (Å²) in [5, 5.41) is 18.9. The van der Waals surface area contributed by atoms with Gasteiger partial charge in [0.1, 0.15) is 0 Å². The number of carboxylic acid groups (broad SMARTS) is 1. The van der Waals surface area contributed by atoms with Gasteiger partial charge >= 0.3 is 5.97 Å². The van der Waals surface area contributed by atoms with Gasteiger partial charge in [0.2, 0.25) is 0 Å². The molecule has 0 aromatic carbocycles. The molecule has 0 bridgehead atoms. The number of aryl methyl sites for hydroxylation is 1. The zero-order chi connectivity index (χ0) is 10.0. The highest BCUT2D eigenvalue weighted by atomic mass is 16.6. The zero-order valence-corrected chi connectivity index (χ0v) is 6.72. The van der Waals surface area contributed by atoms with Crippen molar-refractivity contribution in [1.82, 2.24) is 4.98 Å². The van der Waals surface area contributed by atoms with Crippen LogP contribution in [0.15, 0.2) is 12.3 Å². The Kier molecular flexibility index (Phi) is 2.23. The molecule has 0 saturated heterocycles. The van der Waals surface area contributed by atoms with E-state index in [1.807, 2.05) is 0 Å². The minimum atomic E-state index is -1.27. The smallest absolute Gasteiger partial charge is 0.354 e. The quantitative estimate of drug-likeness (QED) is 0.543. The van der Waals surface area contributed by atoms with Gasteiger partial charge in [0.05, 0.1) is 4.92 Å². The summed E-state index contributed by atoms with van der Waals surface area (Å²) in [5.41, 5.74) is -0.209. The van der Waals surface area contributed by atoms with Gasteiger partial charge in [-0.05, 0) is 6.92 Å². The minimum absolute atomic E-state index is 0.229. The van der Waals surface area contributed by atoms with Crippen LogP contribution in [0, 0.1) is 17.0 Å². The van der Waals surface area contributed by atoms with Crippen molar-refractivity contribution in [3.63, 3.8) is 0 Å². The highest BCUT2D eigenvalue weighted by Gasteiger charge is 2.15. The summed E-state index contributed by atoms with van der Waals surface area (Å²) in [6.07, 6.45) is 1.17. The molecule has 0 aliphatic carbocycles. The van der Waals surface area contributed by atoms with Gasteiger partial charge in [-0.2, -0.15) is 0 Å². The molecule has 13 heavy (non-hydrogen) atoms. The molecular formula is C7H6N2O4. The van der Waals surface area contributed by atoms with Gasteiger partial charge in [0, 0.05) is 17.8 Å². The van der Waals surface area contributed by atoms with Crippen LogP contribution < -0.4 is 0 Å². The van der Waals surface area contributed by atoms with Crippen LogP contribution in [0.4, 0.5) is 5.69 Å². The van der Waals surface area contributed by atoms with Gasteiger partial charge in [-0.25, -0.2) is 9.78 Å². The number of hydrogen-bond acceptors (Lipinski definition) is 4. The lowest BCUT2D eigenvalue weighted by molar-refractivity contribution is -0.385. The molecule has 0 aliphatic heterocycles. The van der Waals surface area contributed by atoms with Crippen molar-refractivity contribution in [2.75, 3.05) is 0 Å². The number of hydrogen-bond donors (Lipinski definition) is 1. The van der Waals surface area contributed by atoms with E-state index in [0.29, 0.717) is 5.56 Å². The predicted octanol–water partition coefficient (Wildman–Crippen LogP) is 0.996. The van der Waals surface area contributed by atoms with E-state index in [9.17, 15) is 14.9 Å². The molecule has 0 atom stereocenters. The SMILES string of the molecule is Cc1cnc(C(=O)O)cc1[N+](=O)[O-]. The van der Waals surface area contributed by atoms with Crippen LogP contribution in [0.2, 0.25) is 0 Å². The van der Waals surface area contributed by atoms with Crippen LogP contribution in [0.3, 0.4) is 0 Å². The van der Waals surface area contributed by atoms with E-state index in [2.05, 4.69) is 4.98 Å². The highest BCUT2D eigenvalue weighted by molar-refractivity contribution is 5.86. The number of aromatic nitrogens is 1. The Labute approximate surface area is 73.0 Å². The number of carboxylic acids is 1. The number of rotatable bonds is 2. The molecule has 0 aliphatic rings. The zero-order valence-electron chi connectivity index (χ0n) is 6.72. The summed E-state index contributed by atoms with van der Waals surface area (Å²) < 4.78 is 0. The normalized spacial score (nSPS) is 9.62. The van der Waals surface area contributed by atoms with Gasteiger partial charge in [-0.3, -0.25) is 10.1 Å². The molecule has 1 heterocycles. The number of nitrogens with zero attached hydrogens (tertiary/aromatic N) is 2. The minimum Gasteiger partial charge on any atom is -0.477 e. The summed E-state index contributed by atoms with van der Waals surface area (Å²) in [4.78, 5) is 23.7. The summed E-state index contributed by atoms with van der Waals surface area (Å²) >= 11 is 0. The van der Waals surface area contributed by atoms with E-state index in [0.717, 1.165) is 6.07 Å². The number of carbonyl (C=O) groups is 1. The van der Waals surface area contributed by atoms with Gasteiger partial charge in [0.15, 0.2) is 5.69 Å². The fourth-order valence-electron chi connectivity index (χ4n) is 0.827. The van der Waals surface area contributed by atoms with Gasteiger partial charge < -0.3 is 5.11 Å². The topological polar surface area (TPSA) is 93.3 Å². The standard InChI is InChI=1S/C7H6N2O4/c1-4-3-8-5(7(10)11)2-6(4)9(12)13/h2-3H,1H3,(H,10,11). The molecule has 6 heteroatoms. The average molecular weight is 182 g/mol.